The van der Waals surface area contributed by atoms with Gasteiger partial charge < -0.3 is 5.11 Å². The van der Waals surface area contributed by atoms with Crippen molar-refractivity contribution in [2.75, 3.05) is 0 Å². The first kappa shape index (κ1) is 14.4. The van der Waals surface area contributed by atoms with Crippen LogP contribution >= 0.6 is 0 Å². The maximum Gasteiger partial charge on any atom is 0.179 e. The van der Waals surface area contributed by atoms with E-state index in [4.69, 9.17) is 5.11 Å². The van der Waals surface area contributed by atoms with Crippen LogP contribution in [-0.2, 0) is 19.6 Å². The molecule has 0 bridgehead atoms. The lowest BCUT2D eigenvalue weighted by molar-refractivity contribution is 0.282. The molecule has 0 amide bonds. The minimum atomic E-state index is 0.0580. The van der Waals surface area contributed by atoms with E-state index in [2.05, 4.69) is 34.5 Å². The molecule has 0 fully saturated rings. The Balaban J connectivity index is 1.69. The summed E-state index contributed by atoms with van der Waals surface area (Å²) in [5.74, 6) is 0.723. The summed E-state index contributed by atoms with van der Waals surface area (Å²) in [5, 5.41) is 21.7. The predicted octanol–water partition coefficient (Wildman–Crippen LogP) is 2.11. The summed E-state index contributed by atoms with van der Waals surface area (Å²) in [6, 6.07) is 16.0. The average molecular weight is 294 g/mol. The molecule has 0 radical (unpaired) electrons. The Hall–Kier alpha value is -2.53. The van der Waals surface area contributed by atoms with Crippen LogP contribution in [0.15, 0.2) is 48.5 Å². The molecule has 5 heteroatoms. The number of aryl methyl sites for hydroxylation is 1. The lowest BCUT2D eigenvalue weighted by Crippen LogP contribution is -2.04. The largest absolute Gasteiger partial charge is 0.392 e. The number of nitrogens with zero attached hydrogens (tertiary/aromatic N) is 4. The number of benzene rings is 2. The van der Waals surface area contributed by atoms with Gasteiger partial charge in [-0.2, -0.15) is 4.80 Å². The van der Waals surface area contributed by atoms with Gasteiger partial charge in [-0.15, -0.1) is 10.2 Å². The molecular weight excluding hydrogens is 276 g/mol. The second-order valence-electron chi connectivity index (χ2n) is 5.31. The number of hydrogen-bond acceptors (Lipinski definition) is 4. The van der Waals surface area contributed by atoms with E-state index in [1.165, 1.54) is 11.1 Å². The van der Waals surface area contributed by atoms with E-state index in [1.807, 2.05) is 36.4 Å². The topological polar surface area (TPSA) is 63.8 Å². The summed E-state index contributed by atoms with van der Waals surface area (Å²) < 4.78 is 0. The highest BCUT2D eigenvalue weighted by Gasteiger charge is 2.06. The molecule has 5 nitrogen and oxygen atoms in total. The molecule has 1 heterocycles. The van der Waals surface area contributed by atoms with Crippen LogP contribution in [-0.4, -0.2) is 25.3 Å². The molecule has 0 spiro atoms. The van der Waals surface area contributed by atoms with Crippen molar-refractivity contribution in [3.63, 3.8) is 0 Å². The molecule has 1 N–H and O–H groups in total. The van der Waals surface area contributed by atoms with E-state index in [0.29, 0.717) is 13.0 Å². The van der Waals surface area contributed by atoms with E-state index >= 15 is 0 Å². The van der Waals surface area contributed by atoms with Crippen LogP contribution < -0.4 is 0 Å². The Morgan fingerprint density at radius 3 is 2.45 bits per heavy atom. The van der Waals surface area contributed by atoms with Crippen LogP contribution in [0, 0.1) is 6.92 Å². The van der Waals surface area contributed by atoms with Gasteiger partial charge in [0.15, 0.2) is 5.82 Å². The van der Waals surface area contributed by atoms with Crippen molar-refractivity contribution in [1.82, 2.24) is 20.2 Å². The first-order chi connectivity index (χ1) is 10.7. The summed E-state index contributed by atoms with van der Waals surface area (Å²) in [6.45, 7) is 2.72. The Morgan fingerprint density at radius 2 is 1.73 bits per heavy atom. The number of aliphatic hydroxyl groups excluding tert-OH is 1. The zero-order valence-electron chi connectivity index (χ0n) is 12.5. The fraction of sp³-hybridized carbons (Fsp3) is 0.235. The maximum atomic E-state index is 9.04. The maximum absolute atomic E-state index is 9.04. The predicted molar refractivity (Wildman–Crippen MR) is 83.3 cm³/mol. The van der Waals surface area contributed by atoms with Crippen molar-refractivity contribution in [3.8, 4) is 0 Å². The van der Waals surface area contributed by atoms with Crippen molar-refractivity contribution >= 4 is 0 Å². The molecule has 0 aliphatic rings. The third-order valence-corrected chi connectivity index (χ3v) is 3.63. The highest BCUT2D eigenvalue weighted by molar-refractivity contribution is 5.28. The molecule has 2 aromatic carbocycles. The zero-order valence-corrected chi connectivity index (χ0v) is 12.5. The molecule has 0 aliphatic heterocycles. The van der Waals surface area contributed by atoms with E-state index in [1.54, 1.807) is 4.80 Å². The zero-order chi connectivity index (χ0) is 15.4. The van der Waals surface area contributed by atoms with Crippen LogP contribution in [0.25, 0.3) is 0 Å². The Labute approximate surface area is 129 Å². The number of aromatic nitrogens is 4. The van der Waals surface area contributed by atoms with Crippen molar-refractivity contribution in [2.45, 2.75) is 26.5 Å². The highest BCUT2D eigenvalue weighted by atomic mass is 16.3. The van der Waals surface area contributed by atoms with E-state index in [0.717, 1.165) is 17.0 Å². The number of tetrazole rings is 1. The second kappa shape index (κ2) is 6.49. The van der Waals surface area contributed by atoms with Crippen LogP contribution in [0.1, 0.15) is 28.1 Å². The van der Waals surface area contributed by atoms with Gasteiger partial charge in [-0.3, -0.25) is 0 Å². The van der Waals surface area contributed by atoms with Crippen molar-refractivity contribution in [2.24, 2.45) is 0 Å². The van der Waals surface area contributed by atoms with Gasteiger partial charge in [0.05, 0.1) is 13.2 Å². The molecule has 0 saturated heterocycles. The lowest BCUT2D eigenvalue weighted by Gasteiger charge is -2.02. The van der Waals surface area contributed by atoms with Gasteiger partial charge in [-0.1, -0.05) is 48.5 Å². The molecule has 0 atom stereocenters. The minimum Gasteiger partial charge on any atom is -0.392 e. The fourth-order valence-electron chi connectivity index (χ4n) is 2.31. The first-order valence-electron chi connectivity index (χ1n) is 7.24. The molecular formula is C17H18N4O. The van der Waals surface area contributed by atoms with Gasteiger partial charge >= 0.3 is 0 Å². The Morgan fingerprint density at radius 1 is 1.00 bits per heavy atom. The molecule has 0 aliphatic carbocycles. The minimum absolute atomic E-state index is 0.0580. The van der Waals surface area contributed by atoms with Crippen molar-refractivity contribution < 1.29 is 5.11 Å². The van der Waals surface area contributed by atoms with E-state index in [9.17, 15) is 0 Å². The van der Waals surface area contributed by atoms with Crippen LogP contribution in [0.4, 0.5) is 0 Å². The first-order valence-corrected chi connectivity index (χ1v) is 7.24. The Bertz CT molecular complexity index is 749. The summed E-state index contributed by atoms with van der Waals surface area (Å²) in [5.41, 5.74) is 4.43. The normalized spacial score (nSPS) is 10.8. The number of aliphatic hydroxyl groups is 1. The molecule has 0 saturated carbocycles. The van der Waals surface area contributed by atoms with E-state index in [-0.39, 0.29) is 6.61 Å². The molecule has 112 valence electrons. The molecule has 0 unspecified atom stereocenters. The third kappa shape index (κ3) is 3.38. The van der Waals surface area contributed by atoms with E-state index < -0.39 is 0 Å². The van der Waals surface area contributed by atoms with Gasteiger partial charge in [0.1, 0.15) is 0 Å². The SMILES string of the molecule is Cc1ccccc1Cc1nnn(Cc2ccc(CO)cc2)n1. The molecule has 1 aromatic heterocycles. The van der Waals surface area contributed by atoms with Gasteiger partial charge in [0, 0.05) is 6.42 Å². The van der Waals surface area contributed by atoms with Gasteiger partial charge in [-0.25, -0.2) is 0 Å². The van der Waals surface area contributed by atoms with Crippen LogP contribution in [0.2, 0.25) is 0 Å². The third-order valence-electron chi connectivity index (χ3n) is 3.63. The van der Waals surface area contributed by atoms with Crippen LogP contribution in [0.5, 0.6) is 0 Å². The second-order valence-corrected chi connectivity index (χ2v) is 5.31. The highest BCUT2D eigenvalue weighted by Crippen LogP contribution is 2.11. The fourth-order valence-corrected chi connectivity index (χ4v) is 2.31. The lowest BCUT2D eigenvalue weighted by atomic mass is 10.1. The van der Waals surface area contributed by atoms with Crippen molar-refractivity contribution in [1.29, 1.82) is 0 Å². The van der Waals surface area contributed by atoms with Crippen LogP contribution in [0.3, 0.4) is 0 Å². The summed E-state index contributed by atoms with van der Waals surface area (Å²) >= 11 is 0. The van der Waals surface area contributed by atoms with Crippen molar-refractivity contribution in [3.05, 3.63) is 76.6 Å². The molecule has 3 aromatic rings. The summed E-state index contributed by atoms with van der Waals surface area (Å²) in [4.78, 5) is 1.60. The smallest absolute Gasteiger partial charge is 0.179 e. The molecule has 3 rings (SSSR count). The number of rotatable bonds is 5. The standard InChI is InChI=1S/C17H18N4O/c1-13-4-2-3-5-16(13)10-17-18-20-21(19-17)11-14-6-8-15(12-22)9-7-14/h2-9,22H,10-12H2,1H3. The summed E-state index contributed by atoms with van der Waals surface area (Å²) in [6.07, 6.45) is 0.691. The summed E-state index contributed by atoms with van der Waals surface area (Å²) in [7, 11) is 0. The average Bonchev–Trinajstić information content (AvgIpc) is 2.97. The van der Waals surface area contributed by atoms with Gasteiger partial charge in [0.25, 0.3) is 0 Å². The molecule has 22 heavy (non-hydrogen) atoms. The Kier molecular flexibility index (Phi) is 4.25. The monoisotopic (exact) mass is 294 g/mol. The van der Waals surface area contributed by atoms with Gasteiger partial charge in [0.2, 0.25) is 0 Å². The quantitative estimate of drug-likeness (QED) is 0.783. The van der Waals surface area contributed by atoms with Gasteiger partial charge in [-0.05, 0) is 34.4 Å². The number of hydrogen-bond donors (Lipinski definition) is 1.